The lowest BCUT2D eigenvalue weighted by Gasteiger charge is -2.10. The van der Waals surface area contributed by atoms with Gasteiger partial charge in [-0.2, -0.15) is 43.5 Å². The van der Waals surface area contributed by atoms with Crippen LogP contribution in [-0.2, 0) is 36.5 Å². The average molecular weight is 650 g/mol. The number of fused-ring (bicyclic) bond motifs is 3. The van der Waals surface area contributed by atoms with Crippen molar-refractivity contribution in [3.63, 3.8) is 0 Å². The number of nitrogens with zero attached hydrogens (tertiary/aromatic N) is 6. The average Bonchev–Trinajstić information content (AvgIpc) is 3.50. The van der Waals surface area contributed by atoms with E-state index >= 15 is 0 Å². The molecule has 0 aliphatic heterocycles. The molecule has 3 heterocycles. The molecule has 0 aliphatic carbocycles. The zero-order valence-electron chi connectivity index (χ0n) is 20.4. The monoisotopic (exact) mass is 649 g/mol. The first-order valence-electron chi connectivity index (χ1n) is 10.9. The van der Waals surface area contributed by atoms with Crippen LogP contribution < -0.4 is 0 Å². The standard InChI is InChI=1S/C20H14F3N7O9S3/c1-9-16(42(37,38)39)19(30(27-9)13-8-10(40(31,32)33)6-7-14(13)41(34,35)36)26-25-15-17(20(21,22)23)28-29-12-5-3-2-4-11(12)24-18(15)29/h2-8,28H,1H3,(H,31,32,33)(H,34,35,36)(H,37,38,39). The third kappa shape index (κ3) is 5.03. The number of aryl methyl sites for hydroxylation is 1. The molecule has 0 amide bonds. The van der Waals surface area contributed by atoms with E-state index in [0.717, 1.165) is 11.4 Å². The minimum Gasteiger partial charge on any atom is -0.286 e. The molecule has 16 nitrogen and oxygen atoms in total. The van der Waals surface area contributed by atoms with Gasteiger partial charge in [-0.25, -0.2) is 14.2 Å². The lowest BCUT2D eigenvalue weighted by Crippen LogP contribution is -2.09. The van der Waals surface area contributed by atoms with Gasteiger partial charge in [0.25, 0.3) is 30.4 Å². The summed E-state index contributed by atoms with van der Waals surface area (Å²) in [6.45, 7) is 0.981. The molecule has 0 radical (unpaired) electrons. The first kappa shape index (κ1) is 29.3. The first-order valence-corrected chi connectivity index (χ1v) is 15.2. The summed E-state index contributed by atoms with van der Waals surface area (Å²) < 4.78 is 144. The molecule has 0 bridgehead atoms. The molecule has 5 rings (SSSR count). The molecular weight excluding hydrogens is 635 g/mol. The number of alkyl halides is 3. The number of aromatic nitrogens is 5. The van der Waals surface area contributed by atoms with E-state index in [0.29, 0.717) is 22.9 Å². The minimum atomic E-state index is -5.30. The summed E-state index contributed by atoms with van der Waals surface area (Å²) in [5.74, 6) is -1.10. The van der Waals surface area contributed by atoms with Crippen molar-refractivity contribution in [1.29, 1.82) is 0 Å². The van der Waals surface area contributed by atoms with E-state index in [1.54, 1.807) is 6.07 Å². The van der Waals surface area contributed by atoms with Crippen LogP contribution in [-0.4, -0.2) is 63.3 Å². The van der Waals surface area contributed by atoms with E-state index in [1.165, 1.54) is 18.2 Å². The number of benzene rings is 2. The molecule has 0 fully saturated rings. The normalized spacial score (nSPS) is 13.6. The molecule has 2 aromatic carbocycles. The lowest BCUT2D eigenvalue weighted by molar-refractivity contribution is -0.140. The van der Waals surface area contributed by atoms with Gasteiger partial charge in [-0.1, -0.05) is 12.1 Å². The zero-order chi connectivity index (χ0) is 31.0. The van der Waals surface area contributed by atoms with E-state index in [1.807, 2.05) is 0 Å². The third-order valence-electron chi connectivity index (χ3n) is 5.74. The highest BCUT2D eigenvalue weighted by Gasteiger charge is 2.39. The number of azo groups is 1. The molecule has 0 saturated heterocycles. The Hall–Kier alpha value is -4.22. The molecule has 0 saturated carbocycles. The fourth-order valence-electron chi connectivity index (χ4n) is 4.06. The van der Waals surface area contributed by atoms with Gasteiger partial charge in [-0.15, -0.1) is 10.2 Å². The van der Waals surface area contributed by atoms with Gasteiger partial charge < -0.3 is 0 Å². The largest absolute Gasteiger partial charge is 0.435 e. The van der Waals surface area contributed by atoms with E-state index < -0.39 is 85.4 Å². The number of para-hydroxylation sites is 2. The van der Waals surface area contributed by atoms with Crippen molar-refractivity contribution in [1.82, 2.24) is 24.4 Å². The van der Waals surface area contributed by atoms with Crippen molar-refractivity contribution in [2.24, 2.45) is 10.2 Å². The number of aromatic amines is 1. The number of nitrogens with one attached hydrogen (secondary N) is 1. The summed E-state index contributed by atoms with van der Waals surface area (Å²) in [6.07, 6.45) is -5.07. The molecular formula is C20H14F3N7O9S3. The SMILES string of the molecule is Cc1nn(-c2cc(S(=O)(=O)O)ccc2S(=O)(=O)O)c(N=Nc2c(C(F)(F)F)[nH]n3c2nc2ccccc23)c1S(=O)(=O)O. The Morgan fingerprint density at radius 2 is 1.57 bits per heavy atom. The number of hydrogen-bond acceptors (Lipinski definition) is 10. The fourth-order valence-corrected chi connectivity index (χ4v) is 5.99. The smallest absolute Gasteiger partial charge is 0.286 e. The highest BCUT2D eigenvalue weighted by Crippen LogP contribution is 2.41. The number of imidazole rings is 1. The molecule has 5 aromatic rings. The van der Waals surface area contributed by atoms with Gasteiger partial charge in [0.2, 0.25) is 0 Å². The van der Waals surface area contributed by atoms with E-state index in [9.17, 15) is 52.1 Å². The summed E-state index contributed by atoms with van der Waals surface area (Å²) in [6, 6.07) is 7.57. The van der Waals surface area contributed by atoms with E-state index in [-0.39, 0.29) is 11.0 Å². The summed E-state index contributed by atoms with van der Waals surface area (Å²) >= 11 is 0. The van der Waals surface area contributed by atoms with Gasteiger partial charge in [0.05, 0.1) is 27.3 Å². The zero-order valence-corrected chi connectivity index (χ0v) is 22.8. The number of rotatable bonds is 6. The lowest BCUT2D eigenvalue weighted by atomic mass is 10.3. The van der Waals surface area contributed by atoms with Gasteiger partial charge in [0, 0.05) is 0 Å². The van der Waals surface area contributed by atoms with Gasteiger partial charge in [-0.3, -0.25) is 18.8 Å². The predicted molar refractivity (Wildman–Crippen MR) is 134 cm³/mol. The Kier molecular flexibility index (Phi) is 6.55. The Morgan fingerprint density at radius 3 is 2.17 bits per heavy atom. The van der Waals surface area contributed by atoms with Gasteiger partial charge in [-0.05, 0) is 37.3 Å². The van der Waals surface area contributed by atoms with Gasteiger partial charge in [0.15, 0.2) is 27.7 Å². The topological polar surface area (TPSA) is 239 Å². The highest BCUT2D eigenvalue weighted by molar-refractivity contribution is 7.86. The van der Waals surface area contributed by atoms with Crippen molar-refractivity contribution in [2.75, 3.05) is 0 Å². The Labute approximate surface area is 232 Å². The van der Waals surface area contributed by atoms with Crippen LogP contribution >= 0.6 is 0 Å². The van der Waals surface area contributed by atoms with E-state index in [2.05, 4.69) is 25.4 Å². The van der Waals surface area contributed by atoms with Crippen molar-refractivity contribution in [3.05, 3.63) is 53.9 Å². The van der Waals surface area contributed by atoms with Gasteiger partial charge >= 0.3 is 6.18 Å². The maximum absolute atomic E-state index is 13.9. The quantitative estimate of drug-likeness (QED) is 0.153. The molecule has 42 heavy (non-hydrogen) atoms. The minimum absolute atomic E-state index is 0.207. The Bertz CT molecular complexity index is 2290. The second kappa shape index (κ2) is 9.40. The van der Waals surface area contributed by atoms with Crippen molar-refractivity contribution < 1.29 is 52.1 Å². The van der Waals surface area contributed by atoms with Crippen LogP contribution in [0.15, 0.2) is 67.4 Å². The van der Waals surface area contributed by atoms with Crippen LogP contribution in [0.4, 0.5) is 24.7 Å². The third-order valence-corrected chi connectivity index (χ3v) is 8.48. The van der Waals surface area contributed by atoms with Crippen LogP contribution in [0, 0.1) is 6.92 Å². The molecule has 22 heteroatoms. The number of H-pyrrole nitrogens is 1. The fraction of sp³-hybridized carbons (Fsp3) is 0.100. The maximum Gasteiger partial charge on any atom is 0.435 e. The molecule has 0 unspecified atom stereocenters. The first-order chi connectivity index (χ1) is 19.3. The second-order valence-electron chi connectivity index (χ2n) is 8.50. The predicted octanol–water partition coefficient (Wildman–Crippen LogP) is 3.48. The molecule has 0 atom stereocenters. The molecule has 0 spiro atoms. The van der Waals surface area contributed by atoms with Crippen LogP contribution in [0.1, 0.15) is 11.4 Å². The molecule has 222 valence electrons. The molecule has 0 aliphatic rings. The number of hydrogen-bond donors (Lipinski definition) is 4. The van der Waals surface area contributed by atoms with Gasteiger partial charge in [0.1, 0.15) is 4.90 Å². The molecule has 4 N–H and O–H groups in total. The second-order valence-corrected chi connectivity index (χ2v) is 12.7. The Morgan fingerprint density at radius 1 is 0.905 bits per heavy atom. The summed E-state index contributed by atoms with van der Waals surface area (Å²) in [7, 11) is -15.5. The summed E-state index contributed by atoms with van der Waals surface area (Å²) in [5.41, 5.74) is -3.90. The van der Waals surface area contributed by atoms with Crippen molar-refractivity contribution >= 4 is 58.5 Å². The Balaban J connectivity index is 1.86. The maximum atomic E-state index is 13.9. The van der Waals surface area contributed by atoms with E-state index in [4.69, 9.17) is 0 Å². The van der Waals surface area contributed by atoms with Crippen LogP contribution in [0.5, 0.6) is 0 Å². The summed E-state index contributed by atoms with van der Waals surface area (Å²) in [5, 5.41) is 12.9. The van der Waals surface area contributed by atoms with Crippen LogP contribution in [0.25, 0.3) is 22.4 Å². The molecule has 3 aromatic heterocycles. The van der Waals surface area contributed by atoms with Crippen molar-refractivity contribution in [2.45, 2.75) is 27.8 Å². The van der Waals surface area contributed by atoms with Crippen molar-refractivity contribution in [3.8, 4) is 5.69 Å². The van der Waals surface area contributed by atoms with Crippen LogP contribution in [0.2, 0.25) is 0 Å². The summed E-state index contributed by atoms with van der Waals surface area (Å²) in [4.78, 5) is 0.889. The van der Waals surface area contributed by atoms with Crippen LogP contribution in [0.3, 0.4) is 0 Å². The number of halogens is 3. The highest BCUT2D eigenvalue weighted by atomic mass is 32.2.